The minimum Gasteiger partial charge on any atom is -0.243 e. The van der Waals surface area contributed by atoms with Crippen LogP contribution in [0.5, 0.6) is 0 Å². The highest BCUT2D eigenvalue weighted by molar-refractivity contribution is 7.58. The van der Waals surface area contributed by atoms with E-state index in [1.54, 1.807) is 12.1 Å². The first-order chi connectivity index (χ1) is 25.4. The van der Waals surface area contributed by atoms with E-state index in [1.807, 2.05) is 36.4 Å². The molecule has 3 aromatic carbocycles. The summed E-state index contributed by atoms with van der Waals surface area (Å²) in [5.41, 5.74) is 7.27. The van der Waals surface area contributed by atoms with Gasteiger partial charge in [-0.05, 0) is 82.5 Å². The van der Waals surface area contributed by atoms with Crippen LogP contribution in [0.4, 0.5) is 20.2 Å². The molecule has 0 spiro atoms. The number of fused-ring (bicyclic) bond motifs is 2. The van der Waals surface area contributed by atoms with E-state index in [-0.39, 0.29) is 11.6 Å². The van der Waals surface area contributed by atoms with Gasteiger partial charge in [0, 0.05) is 30.6 Å². The molecule has 52 heavy (non-hydrogen) atoms. The van der Waals surface area contributed by atoms with Crippen molar-refractivity contribution in [3.8, 4) is 41.8 Å². The van der Waals surface area contributed by atoms with Gasteiger partial charge in [-0.2, -0.15) is 8.73 Å². The SMILES string of the molecule is CCCCC(CC)Cc1ccc(-c2ccc(-c3c4c(c(-c5ccc(-c6ccc(CC(CC)CCCC)cc6F)s5)c5nonc35)N=S=N4)s2)c(F)c1. The fourth-order valence-electron chi connectivity index (χ4n) is 7.28. The first-order valence-corrected chi connectivity index (χ1v) is 21.0. The molecule has 7 rings (SSSR count). The van der Waals surface area contributed by atoms with Crippen LogP contribution < -0.4 is 0 Å². The third-order valence-electron chi connectivity index (χ3n) is 10.4. The van der Waals surface area contributed by atoms with Gasteiger partial charge in [-0.15, -0.1) is 22.7 Å². The van der Waals surface area contributed by atoms with Gasteiger partial charge in [0.05, 0.1) is 22.5 Å². The van der Waals surface area contributed by atoms with Crippen LogP contribution in [-0.4, -0.2) is 10.3 Å². The van der Waals surface area contributed by atoms with Gasteiger partial charge in [-0.25, -0.2) is 13.4 Å². The number of thiophene rings is 2. The maximum atomic E-state index is 15.6. The summed E-state index contributed by atoms with van der Waals surface area (Å²) in [6, 6.07) is 19.2. The van der Waals surface area contributed by atoms with Crippen molar-refractivity contribution in [1.82, 2.24) is 10.3 Å². The third kappa shape index (κ3) is 7.48. The van der Waals surface area contributed by atoms with Crippen molar-refractivity contribution in [2.24, 2.45) is 20.6 Å². The number of hydrogen-bond acceptors (Lipinski definition) is 7. The quantitative estimate of drug-likeness (QED) is 0.0987. The number of halogens is 2. The highest BCUT2D eigenvalue weighted by Crippen LogP contribution is 2.54. The molecule has 4 heterocycles. The molecule has 0 fully saturated rings. The zero-order chi connectivity index (χ0) is 36.2. The average Bonchev–Trinajstić information content (AvgIpc) is 3.99. The largest absolute Gasteiger partial charge is 0.243 e. The molecule has 10 heteroatoms. The summed E-state index contributed by atoms with van der Waals surface area (Å²) in [4.78, 5) is 3.40. The zero-order valence-corrected chi connectivity index (χ0v) is 32.6. The van der Waals surface area contributed by atoms with Crippen molar-refractivity contribution >= 4 is 56.4 Å². The molecular formula is C42H44F2N4OS3. The summed E-state index contributed by atoms with van der Waals surface area (Å²) in [6.07, 6.45) is 11.1. The van der Waals surface area contributed by atoms with Crippen LogP contribution in [-0.2, 0) is 24.2 Å². The second-order valence-electron chi connectivity index (χ2n) is 13.9. The molecule has 2 unspecified atom stereocenters. The summed E-state index contributed by atoms with van der Waals surface area (Å²) in [5, 5.41) is 8.69. The lowest BCUT2D eigenvalue weighted by atomic mass is 9.91. The standard InChI is InChI=1S/C42H44F2N4OS3/c1-5-9-11-25(7-3)21-27-13-15-29(31(43)23-27)33-17-19-35(50-33)37-39-40(46-49-45-39)38(42-41(37)47-52-48-42)36-20-18-34(51-36)30-16-14-28(24-32(30)44)22-26(8-4)12-10-6-2/h13-20,23-26H,5-12,21-22H2,1-4H3. The van der Waals surface area contributed by atoms with E-state index >= 15 is 8.78 Å². The van der Waals surface area contributed by atoms with E-state index in [0.29, 0.717) is 45.4 Å². The fraction of sp³-hybridized carbons (Fsp3) is 0.381. The Morgan fingerprint density at radius 2 is 1.04 bits per heavy atom. The van der Waals surface area contributed by atoms with Crippen LogP contribution in [0, 0.1) is 23.5 Å². The van der Waals surface area contributed by atoms with E-state index in [0.717, 1.165) is 78.8 Å². The molecule has 0 N–H and O–H groups in total. The second kappa shape index (κ2) is 16.4. The number of unbranched alkanes of at least 4 members (excludes halogenated alkanes) is 2. The predicted molar refractivity (Wildman–Crippen MR) is 215 cm³/mol. The van der Waals surface area contributed by atoms with Crippen molar-refractivity contribution in [2.75, 3.05) is 0 Å². The first-order valence-electron chi connectivity index (χ1n) is 18.6. The number of nitrogens with zero attached hydrogens (tertiary/aromatic N) is 4. The minimum atomic E-state index is -0.211. The van der Waals surface area contributed by atoms with Crippen LogP contribution in [0.15, 0.2) is 74.0 Å². The van der Waals surface area contributed by atoms with Gasteiger partial charge in [0.25, 0.3) is 0 Å². The Kier molecular flexibility index (Phi) is 11.5. The van der Waals surface area contributed by atoms with Gasteiger partial charge in [0.2, 0.25) is 0 Å². The van der Waals surface area contributed by atoms with Crippen LogP contribution in [0.2, 0.25) is 0 Å². The lowest BCUT2D eigenvalue weighted by molar-refractivity contribution is 0.315. The highest BCUT2D eigenvalue weighted by Gasteiger charge is 2.29. The number of rotatable bonds is 16. The Morgan fingerprint density at radius 1 is 0.596 bits per heavy atom. The molecule has 0 saturated carbocycles. The van der Waals surface area contributed by atoms with Gasteiger partial charge in [0.15, 0.2) is 0 Å². The average molecular weight is 755 g/mol. The molecule has 5 nitrogen and oxygen atoms in total. The molecule has 3 aromatic heterocycles. The Labute approximate surface area is 316 Å². The number of benzene rings is 3. The second-order valence-corrected chi connectivity index (χ2v) is 16.6. The van der Waals surface area contributed by atoms with Crippen molar-refractivity contribution in [3.63, 3.8) is 0 Å². The topological polar surface area (TPSA) is 63.6 Å². The minimum absolute atomic E-state index is 0.211. The molecule has 270 valence electrons. The number of aromatic nitrogens is 2. The molecule has 1 aliphatic heterocycles. The molecule has 0 bridgehead atoms. The lowest BCUT2D eigenvalue weighted by Gasteiger charge is -2.15. The fourth-order valence-corrected chi connectivity index (χ4v) is 10.0. The van der Waals surface area contributed by atoms with Gasteiger partial charge in [-0.1, -0.05) is 103 Å². The summed E-state index contributed by atoms with van der Waals surface area (Å²) < 4.78 is 46.0. The molecule has 1 aliphatic rings. The molecule has 0 aliphatic carbocycles. The first kappa shape index (κ1) is 36.5. The van der Waals surface area contributed by atoms with Gasteiger partial charge < -0.3 is 0 Å². The Morgan fingerprint density at radius 3 is 1.44 bits per heavy atom. The Balaban J connectivity index is 1.18. The third-order valence-corrected chi connectivity index (χ3v) is 13.2. The van der Waals surface area contributed by atoms with Crippen LogP contribution in [0.25, 0.3) is 52.8 Å². The van der Waals surface area contributed by atoms with Crippen LogP contribution in [0.3, 0.4) is 0 Å². The smallest absolute Gasteiger partial charge is 0.146 e. The van der Waals surface area contributed by atoms with Crippen molar-refractivity contribution in [1.29, 1.82) is 0 Å². The van der Waals surface area contributed by atoms with Crippen LogP contribution >= 0.6 is 22.7 Å². The van der Waals surface area contributed by atoms with E-state index in [1.165, 1.54) is 61.2 Å². The van der Waals surface area contributed by atoms with Gasteiger partial charge in [0.1, 0.15) is 34.0 Å². The lowest BCUT2D eigenvalue weighted by Crippen LogP contribution is -2.03. The molecule has 2 atom stereocenters. The van der Waals surface area contributed by atoms with Crippen molar-refractivity contribution < 1.29 is 13.4 Å². The molecule has 6 aromatic rings. The number of hydrogen-bond donors (Lipinski definition) is 0. The summed E-state index contributed by atoms with van der Waals surface area (Å²) >= 11 is 4.10. The molecule has 0 amide bonds. The maximum Gasteiger partial charge on any atom is 0.146 e. The monoisotopic (exact) mass is 754 g/mol. The highest BCUT2D eigenvalue weighted by atomic mass is 32.1. The summed E-state index contributed by atoms with van der Waals surface area (Å²) in [5.74, 6) is 0.719. The van der Waals surface area contributed by atoms with Crippen molar-refractivity contribution in [2.45, 2.75) is 91.9 Å². The Hall–Kier alpha value is -3.86. The normalized spacial score (nSPS) is 13.5. The van der Waals surface area contributed by atoms with Gasteiger partial charge in [-0.3, -0.25) is 0 Å². The van der Waals surface area contributed by atoms with Crippen LogP contribution in [0.1, 0.15) is 90.2 Å². The predicted octanol–water partition coefficient (Wildman–Crippen LogP) is 14.5. The molecule has 0 radical (unpaired) electrons. The molecule has 0 saturated heterocycles. The molecular weight excluding hydrogens is 711 g/mol. The van der Waals surface area contributed by atoms with Gasteiger partial charge >= 0.3 is 0 Å². The summed E-state index contributed by atoms with van der Waals surface area (Å²) in [7, 11) is 0. The van der Waals surface area contributed by atoms with E-state index in [9.17, 15) is 0 Å². The van der Waals surface area contributed by atoms with E-state index in [2.05, 4.69) is 50.1 Å². The zero-order valence-electron chi connectivity index (χ0n) is 30.2. The summed E-state index contributed by atoms with van der Waals surface area (Å²) in [6.45, 7) is 8.86. The van der Waals surface area contributed by atoms with Crippen molar-refractivity contribution in [3.05, 3.63) is 83.4 Å². The Bertz CT molecular complexity index is 2110. The van der Waals surface area contributed by atoms with E-state index < -0.39 is 0 Å². The van der Waals surface area contributed by atoms with E-state index in [4.69, 9.17) is 13.4 Å². The maximum absolute atomic E-state index is 15.6.